The number of rotatable bonds is 9. The number of benzene rings is 4. The Morgan fingerprint density at radius 2 is 1.65 bits per heavy atom. The molecule has 3 amide bonds. The molecule has 0 radical (unpaired) electrons. The Kier molecular flexibility index (Phi) is 9.08. The molecule has 48 heavy (non-hydrogen) atoms. The molecule has 2 heterocycles. The van der Waals surface area contributed by atoms with Crippen molar-refractivity contribution in [2.24, 2.45) is 0 Å². The SMILES string of the molecule is Cc1ccc(C(=O)Nc2cccc(-c3ccc(F)cc3)c2)cc1-c1nc(NCCN(C)C)nc2c1CNC(=O)N2c1c(F)cccc1F. The number of nitrogens with one attached hydrogen (secondary N) is 3. The van der Waals surface area contributed by atoms with Crippen LogP contribution in [0.4, 0.5) is 41.1 Å². The summed E-state index contributed by atoms with van der Waals surface area (Å²) >= 11 is 0. The van der Waals surface area contributed by atoms with Gasteiger partial charge in [0.15, 0.2) is 5.82 Å². The van der Waals surface area contributed by atoms with E-state index in [9.17, 15) is 14.0 Å². The Balaban J connectivity index is 1.40. The average molecular weight is 652 g/mol. The summed E-state index contributed by atoms with van der Waals surface area (Å²) in [6, 6.07) is 21.1. The summed E-state index contributed by atoms with van der Waals surface area (Å²) in [5.74, 6) is -2.42. The van der Waals surface area contributed by atoms with Crippen LogP contribution in [0.1, 0.15) is 21.5 Å². The van der Waals surface area contributed by atoms with Gasteiger partial charge in [-0.15, -0.1) is 0 Å². The van der Waals surface area contributed by atoms with Crippen LogP contribution in [0.25, 0.3) is 22.4 Å². The first-order valence-corrected chi connectivity index (χ1v) is 15.2. The molecule has 9 nitrogen and oxygen atoms in total. The molecule has 0 fully saturated rings. The van der Waals surface area contributed by atoms with Crippen LogP contribution < -0.4 is 20.9 Å². The van der Waals surface area contributed by atoms with Crippen LogP contribution in [0, 0.1) is 24.4 Å². The fraction of sp³-hybridized carbons (Fsp3) is 0.167. The molecule has 0 bridgehead atoms. The van der Waals surface area contributed by atoms with Gasteiger partial charge in [0, 0.05) is 35.5 Å². The molecule has 1 aliphatic heterocycles. The predicted molar refractivity (Wildman–Crippen MR) is 180 cm³/mol. The van der Waals surface area contributed by atoms with Gasteiger partial charge in [-0.1, -0.05) is 36.4 Å². The zero-order valence-corrected chi connectivity index (χ0v) is 26.4. The maximum absolute atomic E-state index is 15.1. The van der Waals surface area contributed by atoms with Crippen molar-refractivity contribution in [1.82, 2.24) is 20.2 Å². The number of aryl methyl sites for hydroxylation is 1. The molecule has 244 valence electrons. The van der Waals surface area contributed by atoms with Crippen molar-refractivity contribution in [3.05, 3.63) is 119 Å². The van der Waals surface area contributed by atoms with Crippen LogP contribution in [0.15, 0.2) is 84.9 Å². The van der Waals surface area contributed by atoms with Gasteiger partial charge in [0.1, 0.15) is 23.1 Å². The van der Waals surface area contributed by atoms with Gasteiger partial charge >= 0.3 is 6.03 Å². The van der Waals surface area contributed by atoms with E-state index in [-0.39, 0.29) is 30.0 Å². The minimum Gasteiger partial charge on any atom is -0.353 e. The molecule has 0 saturated heterocycles. The topological polar surface area (TPSA) is 102 Å². The van der Waals surface area contributed by atoms with E-state index in [1.165, 1.54) is 18.2 Å². The van der Waals surface area contributed by atoms with Crippen LogP contribution in [0.2, 0.25) is 0 Å². The van der Waals surface area contributed by atoms with Gasteiger partial charge in [-0.25, -0.2) is 27.8 Å². The molecule has 0 spiro atoms. The monoisotopic (exact) mass is 651 g/mol. The third-order valence-electron chi connectivity index (χ3n) is 7.87. The van der Waals surface area contributed by atoms with E-state index in [1.807, 2.05) is 32.0 Å². The predicted octanol–water partition coefficient (Wildman–Crippen LogP) is 7.12. The Hall–Kier alpha value is -5.75. The highest BCUT2D eigenvalue weighted by Crippen LogP contribution is 2.39. The second-order valence-electron chi connectivity index (χ2n) is 11.6. The molecule has 1 aromatic heterocycles. The molecule has 4 aromatic carbocycles. The molecule has 1 aliphatic rings. The lowest BCUT2D eigenvalue weighted by molar-refractivity contribution is 0.102. The van der Waals surface area contributed by atoms with Gasteiger partial charge in [0.25, 0.3) is 5.91 Å². The maximum Gasteiger partial charge on any atom is 0.328 e. The smallest absolute Gasteiger partial charge is 0.328 e. The van der Waals surface area contributed by atoms with Crippen molar-refractivity contribution in [3.8, 4) is 22.4 Å². The number of urea groups is 1. The first-order valence-electron chi connectivity index (χ1n) is 15.2. The molecule has 0 saturated carbocycles. The third-order valence-corrected chi connectivity index (χ3v) is 7.87. The number of carbonyl (C=O) groups is 2. The number of fused-ring (bicyclic) bond motifs is 1. The summed E-state index contributed by atoms with van der Waals surface area (Å²) in [6.07, 6.45) is 0. The Morgan fingerprint density at radius 1 is 0.917 bits per heavy atom. The average Bonchev–Trinajstić information content (AvgIpc) is 3.06. The molecule has 0 unspecified atom stereocenters. The largest absolute Gasteiger partial charge is 0.353 e. The van der Waals surface area contributed by atoms with Crippen molar-refractivity contribution >= 4 is 35.1 Å². The molecule has 5 aromatic rings. The standard InChI is InChI=1S/C36H32F3N7O2/c1-21-10-11-24(34(47)42-26-7-4-6-23(18-26)22-12-14-25(37)15-13-22)19-27(21)31-28-20-41-36(48)46(32-29(38)8-5-9-30(32)39)33(28)44-35(43-31)40-16-17-45(2)3/h4-15,18-19H,16-17,20H2,1-3H3,(H,41,48)(H,42,47)(H,40,43,44). The number of para-hydroxylation sites is 1. The fourth-order valence-corrected chi connectivity index (χ4v) is 5.40. The van der Waals surface area contributed by atoms with E-state index in [4.69, 9.17) is 4.98 Å². The number of likely N-dealkylation sites (N-methyl/N-ethyl adjacent to an activating group) is 1. The summed E-state index contributed by atoms with van der Waals surface area (Å²) in [5.41, 5.74) is 4.06. The molecular weight excluding hydrogens is 619 g/mol. The molecule has 0 atom stereocenters. The number of carbonyl (C=O) groups excluding carboxylic acids is 2. The van der Waals surface area contributed by atoms with Crippen LogP contribution in [-0.2, 0) is 6.54 Å². The molecule has 3 N–H and O–H groups in total. The number of aromatic nitrogens is 2. The number of halogens is 3. The van der Waals surface area contributed by atoms with Gasteiger partial charge in [0.2, 0.25) is 5.95 Å². The number of nitrogens with zero attached hydrogens (tertiary/aromatic N) is 4. The number of amides is 3. The molecule has 6 rings (SSSR count). The van der Waals surface area contributed by atoms with Gasteiger partial charge in [0.05, 0.1) is 12.2 Å². The van der Waals surface area contributed by atoms with Crippen LogP contribution >= 0.6 is 0 Å². The fourth-order valence-electron chi connectivity index (χ4n) is 5.40. The van der Waals surface area contributed by atoms with E-state index < -0.39 is 23.4 Å². The van der Waals surface area contributed by atoms with E-state index in [0.717, 1.165) is 33.7 Å². The highest BCUT2D eigenvalue weighted by Gasteiger charge is 2.34. The number of hydrogen-bond donors (Lipinski definition) is 3. The van der Waals surface area contributed by atoms with Crippen molar-refractivity contribution in [2.45, 2.75) is 13.5 Å². The van der Waals surface area contributed by atoms with Crippen molar-refractivity contribution in [3.63, 3.8) is 0 Å². The zero-order valence-electron chi connectivity index (χ0n) is 26.4. The molecule has 0 aliphatic carbocycles. The zero-order chi connectivity index (χ0) is 33.9. The van der Waals surface area contributed by atoms with Crippen molar-refractivity contribution < 1.29 is 22.8 Å². The lowest BCUT2D eigenvalue weighted by Gasteiger charge is -2.31. The molecule has 12 heteroatoms. The summed E-state index contributed by atoms with van der Waals surface area (Å²) in [7, 11) is 3.82. The Labute approximate surface area is 275 Å². The van der Waals surface area contributed by atoms with E-state index >= 15 is 8.78 Å². The first-order chi connectivity index (χ1) is 23.1. The lowest BCUT2D eigenvalue weighted by Crippen LogP contribution is -2.43. The Morgan fingerprint density at radius 3 is 2.38 bits per heavy atom. The second-order valence-corrected chi connectivity index (χ2v) is 11.6. The lowest BCUT2D eigenvalue weighted by atomic mass is 9.97. The Bertz CT molecular complexity index is 2000. The summed E-state index contributed by atoms with van der Waals surface area (Å²) in [5, 5.41) is 8.77. The maximum atomic E-state index is 15.1. The summed E-state index contributed by atoms with van der Waals surface area (Å²) in [6.45, 7) is 2.93. The van der Waals surface area contributed by atoms with Gasteiger partial charge in [-0.3, -0.25) is 4.79 Å². The highest BCUT2D eigenvalue weighted by atomic mass is 19.1. The van der Waals surface area contributed by atoms with Crippen molar-refractivity contribution in [1.29, 1.82) is 0 Å². The highest BCUT2D eigenvalue weighted by molar-refractivity contribution is 6.06. The minimum atomic E-state index is -0.932. The first kappa shape index (κ1) is 32.2. The van der Waals surface area contributed by atoms with E-state index in [1.54, 1.807) is 48.5 Å². The van der Waals surface area contributed by atoms with Crippen molar-refractivity contribution in [2.75, 3.05) is 42.7 Å². The van der Waals surface area contributed by atoms with Crippen LogP contribution in [0.5, 0.6) is 0 Å². The van der Waals surface area contributed by atoms with Gasteiger partial charge in [-0.2, -0.15) is 4.98 Å². The number of anilines is 4. The summed E-state index contributed by atoms with van der Waals surface area (Å²) in [4.78, 5) is 38.9. The minimum absolute atomic E-state index is 0.0138. The molecular formula is C36H32F3N7O2. The summed E-state index contributed by atoms with van der Waals surface area (Å²) < 4.78 is 43.6. The van der Waals surface area contributed by atoms with Gasteiger partial charge < -0.3 is 20.9 Å². The quantitative estimate of drug-likeness (QED) is 0.157. The second kappa shape index (κ2) is 13.5. The van der Waals surface area contributed by atoms with Gasteiger partial charge in [-0.05, 0) is 86.2 Å². The third kappa shape index (κ3) is 6.69. The normalized spacial score (nSPS) is 12.5. The van der Waals surface area contributed by atoms with E-state index in [2.05, 4.69) is 20.9 Å². The van der Waals surface area contributed by atoms with Crippen LogP contribution in [-0.4, -0.2) is 54.0 Å². The number of hydrogen-bond acceptors (Lipinski definition) is 6. The van der Waals surface area contributed by atoms with Crippen LogP contribution in [0.3, 0.4) is 0 Å². The van der Waals surface area contributed by atoms with E-state index in [0.29, 0.717) is 41.2 Å².